The van der Waals surface area contributed by atoms with Crippen LogP contribution in [0.4, 0.5) is 13.2 Å². The van der Waals surface area contributed by atoms with Crippen LogP contribution in [-0.2, 0) is 25.8 Å². The monoisotopic (exact) mass is 426 g/mol. The summed E-state index contributed by atoms with van der Waals surface area (Å²) in [5.41, 5.74) is 2.74. The second-order valence-electron chi connectivity index (χ2n) is 8.30. The number of halogens is 3. The van der Waals surface area contributed by atoms with Gasteiger partial charge >= 0.3 is 6.18 Å². The highest BCUT2D eigenvalue weighted by molar-refractivity contribution is 5.36. The lowest BCUT2D eigenvalue weighted by Crippen LogP contribution is -3.10. The first-order chi connectivity index (χ1) is 14.8. The van der Waals surface area contributed by atoms with Crippen molar-refractivity contribution < 1.29 is 18.1 Å². The van der Waals surface area contributed by atoms with Crippen molar-refractivity contribution in [2.75, 3.05) is 6.54 Å². The van der Waals surface area contributed by atoms with E-state index in [2.05, 4.69) is 19.9 Å². The predicted molar refractivity (Wildman–Crippen MR) is 114 cm³/mol. The minimum atomic E-state index is -4.35. The van der Waals surface area contributed by atoms with E-state index in [4.69, 9.17) is 0 Å². The first kappa shape index (κ1) is 22.6. The average Bonchev–Trinajstić information content (AvgIpc) is 3.14. The van der Waals surface area contributed by atoms with E-state index >= 15 is 0 Å². The molecule has 6 heteroatoms. The van der Waals surface area contributed by atoms with E-state index in [0.29, 0.717) is 23.6 Å². The van der Waals surface area contributed by atoms with Gasteiger partial charge in [0.05, 0.1) is 29.4 Å². The summed E-state index contributed by atoms with van der Waals surface area (Å²) in [6.45, 7) is 7.08. The second-order valence-corrected chi connectivity index (χ2v) is 8.30. The molecule has 0 spiro atoms. The van der Waals surface area contributed by atoms with E-state index in [0.717, 1.165) is 37.0 Å². The van der Waals surface area contributed by atoms with Crippen LogP contribution >= 0.6 is 0 Å². The van der Waals surface area contributed by atoms with Gasteiger partial charge in [-0.15, -0.1) is 0 Å². The summed E-state index contributed by atoms with van der Waals surface area (Å²) in [4.78, 5) is 1.31. The molecule has 0 aliphatic carbocycles. The van der Waals surface area contributed by atoms with E-state index in [9.17, 15) is 18.4 Å². The number of nitrogens with one attached hydrogen (secondary N) is 1. The number of hydrogen-bond donors (Lipinski definition) is 1. The van der Waals surface area contributed by atoms with Crippen LogP contribution in [-0.4, -0.2) is 11.1 Å². The van der Waals surface area contributed by atoms with Crippen LogP contribution in [0.25, 0.3) is 0 Å². The molecule has 162 valence electrons. The number of rotatable bonds is 8. The quantitative estimate of drug-likeness (QED) is 0.558. The normalized spacial score (nSPS) is 12.7. The van der Waals surface area contributed by atoms with Crippen LogP contribution in [0.5, 0.6) is 0 Å². The van der Waals surface area contributed by atoms with Crippen LogP contribution in [0.15, 0.2) is 66.9 Å². The minimum Gasteiger partial charge on any atom is -0.342 e. The Hall–Kier alpha value is -3.04. The van der Waals surface area contributed by atoms with Gasteiger partial charge in [-0.1, -0.05) is 44.2 Å². The summed E-state index contributed by atoms with van der Waals surface area (Å²) in [5.74, 6) is 0.469. The van der Waals surface area contributed by atoms with Crippen molar-refractivity contribution in [3.63, 3.8) is 0 Å². The van der Waals surface area contributed by atoms with E-state index < -0.39 is 11.7 Å². The molecule has 1 atom stereocenters. The molecule has 1 unspecified atom stereocenters. The summed E-state index contributed by atoms with van der Waals surface area (Å²) in [6.07, 6.45) is -2.44. The van der Waals surface area contributed by atoms with Gasteiger partial charge in [-0.3, -0.25) is 0 Å². The smallest absolute Gasteiger partial charge is 0.342 e. The molecule has 1 N–H and O–H groups in total. The Balaban J connectivity index is 1.80. The highest BCUT2D eigenvalue weighted by Crippen LogP contribution is 2.29. The Morgan fingerprint density at radius 1 is 1.00 bits per heavy atom. The van der Waals surface area contributed by atoms with E-state index in [1.807, 2.05) is 47.2 Å². The number of benzene rings is 2. The maximum Gasteiger partial charge on any atom is 0.416 e. The summed E-state index contributed by atoms with van der Waals surface area (Å²) in [5, 5.41) is 9.41. The van der Waals surface area contributed by atoms with Gasteiger partial charge in [0, 0.05) is 24.2 Å². The van der Waals surface area contributed by atoms with Gasteiger partial charge in [0.1, 0.15) is 13.1 Å². The fourth-order valence-corrected chi connectivity index (χ4v) is 3.90. The Labute approximate surface area is 181 Å². The Morgan fingerprint density at radius 2 is 1.77 bits per heavy atom. The van der Waals surface area contributed by atoms with E-state index in [1.165, 1.54) is 17.0 Å². The number of nitriles is 1. The second kappa shape index (κ2) is 9.84. The lowest BCUT2D eigenvalue weighted by molar-refractivity contribution is -0.930. The van der Waals surface area contributed by atoms with Gasteiger partial charge in [0.2, 0.25) is 0 Å². The standard InChI is InChI=1S/C25H26F3N3/c1-19(2)15-30(17-22-9-4-3-8-21(22)14-29)18-24-11-6-12-31(24)16-20-7-5-10-23(13-20)25(26,27)28/h3-13,19H,15-18H2,1-2H3/p+1. The van der Waals surface area contributed by atoms with Crippen LogP contribution in [0.2, 0.25) is 0 Å². The zero-order valence-electron chi connectivity index (χ0n) is 17.8. The summed E-state index contributed by atoms with van der Waals surface area (Å²) < 4.78 is 41.2. The zero-order chi connectivity index (χ0) is 22.4. The van der Waals surface area contributed by atoms with Crippen molar-refractivity contribution in [3.05, 3.63) is 94.8 Å². The van der Waals surface area contributed by atoms with Crippen molar-refractivity contribution in [3.8, 4) is 6.07 Å². The third-order valence-electron chi connectivity index (χ3n) is 5.24. The summed E-state index contributed by atoms with van der Waals surface area (Å²) in [6, 6.07) is 19.3. The van der Waals surface area contributed by atoms with Crippen molar-refractivity contribution in [1.82, 2.24) is 4.57 Å². The van der Waals surface area contributed by atoms with E-state index in [-0.39, 0.29) is 0 Å². The molecule has 0 amide bonds. The Bertz CT molecular complexity index is 1040. The first-order valence-electron chi connectivity index (χ1n) is 10.4. The first-order valence-corrected chi connectivity index (χ1v) is 10.4. The fourth-order valence-electron chi connectivity index (χ4n) is 3.90. The average molecular weight is 427 g/mol. The maximum absolute atomic E-state index is 13.1. The SMILES string of the molecule is CC(C)C[NH+](Cc1ccccc1C#N)Cc1cccn1Cc1cccc(C(F)(F)F)c1. The molecule has 1 aromatic heterocycles. The van der Waals surface area contributed by atoms with E-state index in [1.54, 1.807) is 6.07 Å². The van der Waals surface area contributed by atoms with Crippen LogP contribution in [0.1, 0.15) is 41.8 Å². The molecule has 0 saturated heterocycles. The van der Waals surface area contributed by atoms with Crippen LogP contribution < -0.4 is 4.90 Å². The van der Waals surface area contributed by atoms with Crippen molar-refractivity contribution in [2.24, 2.45) is 5.92 Å². The molecule has 0 bridgehead atoms. The largest absolute Gasteiger partial charge is 0.416 e. The van der Waals surface area contributed by atoms with Gasteiger partial charge in [0.15, 0.2) is 0 Å². The lowest BCUT2D eigenvalue weighted by Gasteiger charge is -2.23. The number of aromatic nitrogens is 1. The Kier molecular flexibility index (Phi) is 7.19. The number of nitrogens with zero attached hydrogens (tertiary/aromatic N) is 2. The Morgan fingerprint density at radius 3 is 2.48 bits per heavy atom. The molecular weight excluding hydrogens is 399 g/mol. The van der Waals surface area contributed by atoms with Crippen molar-refractivity contribution in [1.29, 1.82) is 5.26 Å². The van der Waals surface area contributed by atoms with Gasteiger partial charge in [-0.25, -0.2) is 0 Å². The summed E-state index contributed by atoms with van der Waals surface area (Å²) >= 11 is 0. The van der Waals surface area contributed by atoms with Crippen LogP contribution in [0, 0.1) is 17.2 Å². The predicted octanol–water partition coefficient (Wildman–Crippen LogP) is 4.67. The molecule has 0 aliphatic rings. The highest BCUT2D eigenvalue weighted by atomic mass is 19.4. The molecule has 31 heavy (non-hydrogen) atoms. The lowest BCUT2D eigenvalue weighted by atomic mass is 10.1. The van der Waals surface area contributed by atoms with Gasteiger partial charge in [0.25, 0.3) is 0 Å². The third-order valence-corrected chi connectivity index (χ3v) is 5.24. The molecule has 3 rings (SSSR count). The molecule has 2 aromatic carbocycles. The zero-order valence-corrected chi connectivity index (χ0v) is 17.8. The molecule has 0 saturated carbocycles. The molecule has 0 radical (unpaired) electrons. The molecule has 3 aromatic rings. The molecule has 0 fully saturated rings. The van der Waals surface area contributed by atoms with Gasteiger partial charge in [-0.2, -0.15) is 18.4 Å². The third kappa shape index (κ3) is 6.22. The molecule has 3 nitrogen and oxygen atoms in total. The van der Waals surface area contributed by atoms with Gasteiger partial charge in [-0.05, 0) is 35.9 Å². The number of alkyl halides is 3. The summed E-state index contributed by atoms with van der Waals surface area (Å²) in [7, 11) is 0. The van der Waals surface area contributed by atoms with Crippen molar-refractivity contribution in [2.45, 2.75) is 39.7 Å². The number of hydrogen-bond acceptors (Lipinski definition) is 1. The topological polar surface area (TPSA) is 33.2 Å². The fraction of sp³-hybridized carbons (Fsp3) is 0.320. The highest BCUT2D eigenvalue weighted by Gasteiger charge is 2.30. The van der Waals surface area contributed by atoms with Gasteiger partial charge < -0.3 is 9.47 Å². The molecule has 0 aliphatic heterocycles. The van der Waals surface area contributed by atoms with Crippen LogP contribution in [0.3, 0.4) is 0 Å². The molecular formula is C25H27F3N3+. The van der Waals surface area contributed by atoms with Crippen molar-refractivity contribution >= 4 is 0 Å². The molecule has 1 heterocycles. The maximum atomic E-state index is 13.1. The number of quaternary nitrogens is 1. The minimum absolute atomic E-state index is 0.385.